The number of piperazine rings is 1. The summed E-state index contributed by atoms with van der Waals surface area (Å²) in [5.74, 6) is -0.706. The van der Waals surface area contributed by atoms with Crippen molar-refractivity contribution in [2.45, 2.75) is 24.7 Å². The molecule has 0 bridgehead atoms. The molecule has 9 nitrogen and oxygen atoms in total. The topological polar surface area (TPSA) is 121 Å². The highest BCUT2D eigenvalue weighted by Crippen LogP contribution is 2.17. The predicted molar refractivity (Wildman–Crippen MR) is 108 cm³/mol. The summed E-state index contributed by atoms with van der Waals surface area (Å²) in [5.41, 5.74) is 0. The third kappa shape index (κ3) is 6.79. The van der Waals surface area contributed by atoms with E-state index in [1.165, 1.54) is 16.4 Å². The Morgan fingerprint density at radius 3 is 2.17 bits per heavy atom. The third-order valence-electron chi connectivity index (χ3n) is 4.71. The van der Waals surface area contributed by atoms with Crippen molar-refractivity contribution >= 4 is 31.7 Å². The second-order valence-corrected chi connectivity index (χ2v) is 11.1. The Morgan fingerprint density at radius 1 is 0.966 bits per heavy atom. The molecule has 1 fully saturated rings. The zero-order valence-corrected chi connectivity index (χ0v) is 18.0. The van der Waals surface area contributed by atoms with Gasteiger partial charge in [-0.05, 0) is 12.1 Å². The van der Waals surface area contributed by atoms with Crippen molar-refractivity contribution in [1.29, 1.82) is 0 Å². The zero-order valence-electron chi connectivity index (χ0n) is 16.4. The molecule has 1 aromatic carbocycles. The molecule has 0 saturated carbocycles. The molecule has 1 aliphatic heterocycles. The number of benzene rings is 1. The van der Waals surface area contributed by atoms with Gasteiger partial charge in [-0.25, -0.2) is 16.8 Å². The van der Waals surface area contributed by atoms with Crippen molar-refractivity contribution in [3.05, 3.63) is 30.3 Å². The molecule has 162 valence electrons. The zero-order chi connectivity index (χ0) is 21.5. The maximum Gasteiger partial charge on any atom is 0.243 e. The van der Waals surface area contributed by atoms with Crippen LogP contribution in [0.3, 0.4) is 0 Å². The van der Waals surface area contributed by atoms with Crippen LogP contribution in [0.2, 0.25) is 0 Å². The van der Waals surface area contributed by atoms with Gasteiger partial charge in [0.15, 0.2) is 9.84 Å². The van der Waals surface area contributed by atoms with Gasteiger partial charge in [0, 0.05) is 51.3 Å². The SMILES string of the molecule is CCS(=O)(=O)CCNC(=O)CCC(=O)N1CCN(S(=O)(=O)c2ccccc2)CC1. The summed E-state index contributed by atoms with van der Waals surface area (Å²) >= 11 is 0. The molecular formula is C18H27N3O6S2. The predicted octanol–water partition coefficient (Wildman–Crippen LogP) is -0.149. The van der Waals surface area contributed by atoms with Crippen molar-refractivity contribution in [2.75, 3.05) is 44.2 Å². The fourth-order valence-corrected chi connectivity index (χ4v) is 5.02. The molecule has 1 aromatic rings. The smallest absolute Gasteiger partial charge is 0.243 e. The van der Waals surface area contributed by atoms with Crippen LogP contribution in [0.5, 0.6) is 0 Å². The number of sulfonamides is 1. The highest BCUT2D eigenvalue weighted by atomic mass is 32.2. The van der Waals surface area contributed by atoms with E-state index in [2.05, 4.69) is 5.32 Å². The van der Waals surface area contributed by atoms with Crippen LogP contribution in [-0.2, 0) is 29.4 Å². The van der Waals surface area contributed by atoms with Crippen LogP contribution in [0.1, 0.15) is 19.8 Å². The molecule has 0 unspecified atom stereocenters. The molecule has 2 amide bonds. The average Bonchev–Trinajstić information content (AvgIpc) is 2.72. The monoisotopic (exact) mass is 445 g/mol. The molecule has 29 heavy (non-hydrogen) atoms. The summed E-state index contributed by atoms with van der Waals surface area (Å²) < 4.78 is 49.3. The van der Waals surface area contributed by atoms with E-state index in [0.717, 1.165) is 0 Å². The van der Waals surface area contributed by atoms with Gasteiger partial charge >= 0.3 is 0 Å². The summed E-state index contributed by atoms with van der Waals surface area (Å²) in [6.07, 6.45) is -0.0364. The maximum absolute atomic E-state index is 12.6. The molecular weight excluding hydrogens is 418 g/mol. The lowest BCUT2D eigenvalue weighted by molar-refractivity contribution is -0.134. The van der Waals surface area contributed by atoms with E-state index in [-0.39, 0.29) is 73.8 Å². The van der Waals surface area contributed by atoms with Crippen molar-refractivity contribution < 1.29 is 26.4 Å². The van der Waals surface area contributed by atoms with Gasteiger partial charge in [-0.2, -0.15) is 4.31 Å². The van der Waals surface area contributed by atoms with Crippen molar-refractivity contribution in [3.8, 4) is 0 Å². The van der Waals surface area contributed by atoms with Crippen LogP contribution in [0, 0.1) is 0 Å². The first-order valence-electron chi connectivity index (χ1n) is 9.46. The Hall–Kier alpha value is -1.98. The quantitative estimate of drug-likeness (QED) is 0.564. The van der Waals surface area contributed by atoms with Crippen LogP contribution in [0.4, 0.5) is 0 Å². The molecule has 0 aliphatic carbocycles. The van der Waals surface area contributed by atoms with Crippen LogP contribution in [-0.4, -0.2) is 82.1 Å². The van der Waals surface area contributed by atoms with E-state index in [0.29, 0.717) is 0 Å². The highest BCUT2D eigenvalue weighted by molar-refractivity contribution is 7.91. The number of carbonyl (C=O) groups excluding carboxylic acids is 2. The minimum Gasteiger partial charge on any atom is -0.355 e. The summed E-state index contributed by atoms with van der Waals surface area (Å²) in [6.45, 7) is 2.50. The number of nitrogens with one attached hydrogen (secondary N) is 1. The number of amides is 2. The van der Waals surface area contributed by atoms with Crippen molar-refractivity contribution in [2.24, 2.45) is 0 Å². The molecule has 0 radical (unpaired) electrons. The summed E-state index contributed by atoms with van der Waals surface area (Å²) in [6, 6.07) is 8.15. The molecule has 1 aliphatic rings. The first kappa shape index (κ1) is 23.3. The van der Waals surface area contributed by atoms with E-state index in [9.17, 15) is 26.4 Å². The number of hydrogen-bond acceptors (Lipinski definition) is 6. The Kier molecular flexibility index (Phi) is 8.17. The standard InChI is InChI=1S/C18H27N3O6S2/c1-2-28(24,25)15-10-19-17(22)8-9-18(23)20-11-13-21(14-12-20)29(26,27)16-6-4-3-5-7-16/h3-7H,2,8-15H2,1H3,(H,19,22). The summed E-state index contributed by atoms with van der Waals surface area (Å²) in [7, 11) is -6.72. The molecule has 1 N–H and O–H groups in total. The van der Waals surface area contributed by atoms with E-state index >= 15 is 0 Å². The number of nitrogens with zero attached hydrogens (tertiary/aromatic N) is 2. The molecule has 1 heterocycles. The number of sulfone groups is 1. The first-order valence-corrected chi connectivity index (χ1v) is 12.7. The number of carbonyl (C=O) groups is 2. The fraction of sp³-hybridized carbons (Fsp3) is 0.556. The first-order chi connectivity index (χ1) is 13.7. The van der Waals surface area contributed by atoms with Crippen LogP contribution < -0.4 is 5.32 Å². The third-order valence-corrected chi connectivity index (χ3v) is 8.33. The van der Waals surface area contributed by atoms with Gasteiger partial charge in [-0.15, -0.1) is 0 Å². The van der Waals surface area contributed by atoms with Gasteiger partial charge < -0.3 is 10.2 Å². The van der Waals surface area contributed by atoms with Crippen LogP contribution in [0.25, 0.3) is 0 Å². The van der Waals surface area contributed by atoms with Crippen molar-refractivity contribution in [1.82, 2.24) is 14.5 Å². The lowest BCUT2D eigenvalue weighted by atomic mass is 10.2. The number of rotatable bonds is 9. The van der Waals surface area contributed by atoms with Gasteiger partial charge in [0.05, 0.1) is 10.6 Å². The highest BCUT2D eigenvalue weighted by Gasteiger charge is 2.29. The Morgan fingerprint density at radius 2 is 1.59 bits per heavy atom. The second kappa shape index (κ2) is 10.2. The molecule has 0 aromatic heterocycles. The van der Waals surface area contributed by atoms with Crippen LogP contribution >= 0.6 is 0 Å². The summed E-state index contributed by atoms with van der Waals surface area (Å²) in [5, 5.41) is 2.50. The molecule has 2 rings (SSSR count). The average molecular weight is 446 g/mol. The van der Waals surface area contributed by atoms with Gasteiger partial charge in [-0.3, -0.25) is 9.59 Å². The Labute approximate surface area is 172 Å². The largest absolute Gasteiger partial charge is 0.355 e. The van der Waals surface area contributed by atoms with Gasteiger partial charge in [0.25, 0.3) is 0 Å². The molecule has 0 atom stereocenters. The van der Waals surface area contributed by atoms with Gasteiger partial charge in [0.2, 0.25) is 21.8 Å². The lowest BCUT2D eigenvalue weighted by Crippen LogP contribution is -2.50. The minimum atomic E-state index is -3.58. The van der Waals surface area contributed by atoms with E-state index in [1.807, 2.05) is 0 Å². The number of hydrogen-bond donors (Lipinski definition) is 1. The minimum absolute atomic E-state index is 0.00219. The lowest BCUT2D eigenvalue weighted by Gasteiger charge is -2.34. The van der Waals surface area contributed by atoms with E-state index < -0.39 is 19.9 Å². The molecule has 11 heteroatoms. The molecule has 1 saturated heterocycles. The van der Waals surface area contributed by atoms with Gasteiger partial charge in [0.1, 0.15) is 0 Å². The van der Waals surface area contributed by atoms with E-state index in [4.69, 9.17) is 0 Å². The Balaban J connectivity index is 1.75. The Bertz CT molecular complexity index is 908. The fourth-order valence-electron chi connectivity index (χ4n) is 2.88. The van der Waals surface area contributed by atoms with Gasteiger partial charge in [-0.1, -0.05) is 25.1 Å². The summed E-state index contributed by atoms with van der Waals surface area (Å²) in [4.78, 5) is 25.8. The van der Waals surface area contributed by atoms with E-state index in [1.54, 1.807) is 30.0 Å². The van der Waals surface area contributed by atoms with Crippen LogP contribution in [0.15, 0.2) is 35.2 Å². The maximum atomic E-state index is 12.6. The normalized spacial score (nSPS) is 15.8. The second-order valence-electron chi connectivity index (χ2n) is 6.68. The van der Waals surface area contributed by atoms with Crippen molar-refractivity contribution in [3.63, 3.8) is 0 Å². The molecule has 0 spiro atoms.